The van der Waals surface area contributed by atoms with Crippen molar-refractivity contribution in [3.63, 3.8) is 0 Å². The number of thiazole rings is 1. The molecule has 4 aromatic heterocycles. The zero-order chi connectivity index (χ0) is 18.4. The van der Waals surface area contributed by atoms with Crippen LogP contribution in [0.25, 0.3) is 17.0 Å². The summed E-state index contributed by atoms with van der Waals surface area (Å²) in [6.07, 6.45) is 8.21. The molecule has 8 heteroatoms. The molecular weight excluding hydrogens is 358 g/mol. The Bertz CT molecular complexity index is 1100. The van der Waals surface area contributed by atoms with Gasteiger partial charge in [-0.25, -0.2) is 19.5 Å². The van der Waals surface area contributed by atoms with Crippen LogP contribution in [-0.2, 0) is 6.54 Å². The number of anilines is 1. The van der Waals surface area contributed by atoms with E-state index >= 15 is 0 Å². The number of nitrogens with zero attached hydrogens (tertiary/aromatic N) is 7. The van der Waals surface area contributed by atoms with E-state index in [0.717, 1.165) is 52.3 Å². The van der Waals surface area contributed by atoms with Crippen LogP contribution in [0.15, 0.2) is 30.0 Å². The average Bonchev–Trinajstić information content (AvgIpc) is 3.42. The first kappa shape index (κ1) is 16.4. The van der Waals surface area contributed by atoms with Crippen molar-refractivity contribution in [2.75, 3.05) is 18.0 Å². The molecule has 0 bridgehead atoms. The molecule has 0 aromatic carbocycles. The van der Waals surface area contributed by atoms with E-state index in [9.17, 15) is 0 Å². The Balaban J connectivity index is 1.48. The third kappa shape index (κ3) is 2.90. The Hall–Kier alpha value is -2.74. The van der Waals surface area contributed by atoms with Crippen LogP contribution in [-0.4, -0.2) is 42.2 Å². The molecule has 1 saturated heterocycles. The molecule has 27 heavy (non-hydrogen) atoms. The van der Waals surface area contributed by atoms with E-state index in [-0.39, 0.29) is 0 Å². The SMILES string of the molecule is Cc1cc(C)n2ncc(-c3nccn3Cc3csc(N4CCCC4)n3)c2n1. The number of aryl methyl sites for hydroxylation is 2. The summed E-state index contributed by atoms with van der Waals surface area (Å²) < 4.78 is 3.99. The molecule has 1 fully saturated rings. The van der Waals surface area contributed by atoms with E-state index in [1.807, 2.05) is 43.0 Å². The summed E-state index contributed by atoms with van der Waals surface area (Å²) in [7, 11) is 0. The van der Waals surface area contributed by atoms with Gasteiger partial charge < -0.3 is 9.47 Å². The molecule has 5 heterocycles. The van der Waals surface area contributed by atoms with Crippen LogP contribution in [0, 0.1) is 13.8 Å². The smallest absolute Gasteiger partial charge is 0.185 e. The van der Waals surface area contributed by atoms with Gasteiger partial charge >= 0.3 is 0 Å². The van der Waals surface area contributed by atoms with Crippen LogP contribution in [0.1, 0.15) is 29.9 Å². The van der Waals surface area contributed by atoms with Crippen molar-refractivity contribution in [2.45, 2.75) is 33.2 Å². The Labute approximate surface area is 161 Å². The fourth-order valence-corrected chi connectivity index (χ4v) is 4.58. The molecule has 0 amide bonds. The van der Waals surface area contributed by atoms with Crippen molar-refractivity contribution >= 4 is 22.1 Å². The van der Waals surface area contributed by atoms with E-state index < -0.39 is 0 Å². The Kier molecular flexibility index (Phi) is 3.93. The molecular formula is C19H21N7S. The Morgan fingerprint density at radius 2 is 2.00 bits per heavy atom. The summed E-state index contributed by atoms with van der Waals surface area (Å²) >= 11 is 1.73. The molecule has 4 aromatic rings. The number of rotatable bonds is 4. The van der Waals surface area contributed by atoms with Gasteiger partial charge in [0.2, 0.25) is 0 Å². The van der Waals surface area contributed by atoms with Crippen LogP contribution in [0.5, 0.6) is 0 Å². The van der Waals surface area contributed by atoms with Gasteiger partial charge in [0, 0.05) is 42.3 Å². The van der Waals surface area contributed by atoms with Gasteiger partial charge in [0.1, 0.15) is 5.82 Å². The van der Waals surface area contributed by atoms with E-state index in [1.165, 1.54) is 12.8 Å². The quantitative estimate of drug-likeness (QED) is 0.544. The van der Waals surface area contributed by atoms with Crippen molar-refractivity contribution in [1.29, 1.82) is 0 Å². The largest absolute Gasteiger partial charge is 0.348 e. The molecule has 0 radical (unpaired) electrons. The fraction of sp³-hybridized carbons (Fsp3) is 0.368. The normalized spacial score (nSPS) is 14.5. The molecule has 1 aliphatic heterocycles. The number of hydrogen-bond acceptors (Lipinski definition) is 6. The maximum Gasteiger partial charge on any atom is 0.185 e. The molecule has 7 nitrogen and oxygen atoms in total. The molecule has 0 atom stereocenters. The van der Waals surface area contributed by atoms with Crippen molar-refractivity contribution in [1.82, 2.24) is 29.1 Å². The minimum absolute atomic E-state index is 0.696. The number of fused-ring (bicyclic) bond motifs is 1. The standard InChI is InChI=1S/C19H21N7S/c1-13-9-14(2)26-18(22-13)16(10-21-26)17-20-5-8-25(17)11-15-12-27-19(23-15)24-6-3-4-7-24/h5,8-10,12H,3-4,6-7,11H2,1-2H3. The molecule has 0 N–H and O–H groups in total. The molecule has 0 spiro atoms. The third-order valence-electron chi connectivity index (χ3n) is 4.98. The average molecular weight is 379 g/mol. The lowest BCUT2D eigenvalue weighted by Gasteiger charge is -2.12. The maximum atomic E-state index is 4.84. The summed E-state index contributed by atoms with van der Waals surface area (Å²) in [5, 5.41) is 7.79. The van der Waals surface area contributed by atoms with Crippen molar-refractivity contribution in [3.8, 4) is 11.4 Å². The van der Waals surface area contributed by atoms with Crippen molar-refractivity contribution in [2.24, 2.45) is 0 Å². The minimum Gasteiger partial charge on any atom is -0.348 e. The summed E-state index contributed by atoms with van der Waals surface area (Å²) in [6, 6.07) is 2.03. The zero-order valence-corrected chi connectivity index (χ0v) is 16.3. The highest BCUT2D eigenvalue weighted by atomic mass is 32.1. The second-order valence-corrected chi connectivity index (χ2v) is 7.86. The lowest BCUT2D eigenvalue weighted by molar-refractivity contribution is 0.785. The van der Waals surface area contributed by atoms with Gasteiger partial charge in [-0.15, -0.1) is 11.3 Å². The first-order chi connectivity index (χ1) is 13.2. The second-order valence-electron chi connectivity index (χ2n) is 7.03. The monoisotopic (exact) mass is 379 g/mol. The lowest BCUT2D eigenvalue weighted by atomic mass is 10.3. The van der Waals surface area contributed by atoms with Crippen LogP contribution in [0.2, 0.25) is 0 Å². The molecule has 5 rings (SSSR count). The van der Waals surface area contributed by atoms with Gasteiger partial charge in [-0.3, -0.25) is 0 Å². The summed E-state index contributed by atoms with van der Waals surface area (Å²) in [5.74, 6) is 0.873. The minimum atomic E-state index is 0.696. The maximum absolute atomic E-state index is 4.84. The van der Waals surface area contributed by atoms with Crippen LogP contribution in [0.3, 0.4) is 0 Å². The fourth-order valence-electron chi connectivity index (χ4n) is 3.71. The molecule has 0 aliphatic carbocycles. The van der Waals surface area contributed by atoms with Gasteiger partial charge in [0.05, 0.1) is 24.0 Å². The van der Waals surface area contributed by atoms with Crippen molar-refractivity contribution < 1.29 is 0 Å². The van der Waals surface area contributed by atoms with Crippen LogP contribution < -0.4 is 4.90 Å². The number of aromatic nitrogens is 6. The first-order valence-corrected chi connectivity index (χ1v) is 10.1. The Morgan fingerprint density at radius 1 is 1.15 bits per heavy atom. The van der Waals surface area contributed by atoms with Gasteiger partial charge in [-0.2, -0.15) is 5.10 Å². The zero-order valence-electron chi connectivity index (χ0n) is 15.5. The Morgan fingerprint density at radius 3 is 2.85 bits per heavy atom. The van der Waals surface area contributed by atoms with Gasteiger partial charge in [-0.1, -0.05) is 0 Å². The number of hydrogen-bond donors (Lipinski definition) is 0. The molecule has 138 valence electrons. The summed E-state index contributed by atoms with van der Waals surface area (Å²) in [6.45, 7) is 6.99. The lowest BCUT2D eigenvalue weighted by Crippen LogP contribution is -2.17. The van der Waals surface area contributed by atoms with E-state index in [4.69, 9.17) is 4.98 Å². The predicted molar refractivity (Wildman–Crippen MR) is 106 cm³/mol. The first-order valence-electron chi connectivity index (χ1n) is 9.22. The van der Waals surface area contributed by atoms with E-state index in [1.54, 1.807) is 11.3 Å². The van der Waals surface area contributed by atoms with E-state index in [0.29, 0.717) is 6.54 Å². The third-order valence-corrected chi connectivity index (χ3v) is 5.93. The highest BCUT2D eigenvalue weighted by Gasteiger charge is 2.18. The molecule has 0 unspecified atom stereocenters. The summed E-state index contributed by atoms with van der Waals surface area (Å²) in [4.78, 5) is 16.5. The second kappa shape index (κ2) is 6.45. The summed E-state index contributed by atoms with van der Waals surface area (Å²) in [5.41, 5.74) is 4.90. The van der Waals surface area contributed by atoms with Gasteiger partial charge in [0.15, 0.2) is 10.8 Å². The predicted octanol–water partition coefficient (Wildman–Crippen LogP) is 3.31. The van der Waals surface area contributed by atoms with E-state index in [2.05, 4.69) is 29.9 Å². The van der Waals surface area contributed by atoms with Gasteiger partial charge in [-0.05, 0) is 32.8 Å². The highest BCUT2D eigenvalue weighted by molar-refractivity contribution is 7.13. The van der Waals surface area contributed by atoms with Crippen LogP contribution in [0.4, 0.5) is 5.13 Å². The van der Waals surface area contributed by atoms with Crippen molar-refractivity contribution in [3.05, 3.63) is 47.1 Å². The van der Waals surface area contributed by atoms with Gasteiger partial charge in [0.25, 0.3) is 0 Å². The number of imidazole rings is 1. The topological polar surface area (TPSA) is 64.1 Å². The highest BCUT2D eigenvalue weighted by Crippen LogP contribution is 2.27. The van der Waals surface area contributed by atoms with Crippen LogP contribution >= 0.6 is 11.3 Å². The molecule has 1 aliphatic rings. The molecule has 0 saturated carbocycles.